The first-order valence-corrected chi connectivity index (χ1v) is 10.2. The van der Waals surface area contributed by atoms with E-state index in [9.17, 15) is 9.59 Å². The molecule has 2 aliphatic heterocycles. The lowest BCUT2D eigenvalue weighted by Gasteiger charge is -2.37. The molecule has 4 rings (SSSR count). The van der Waals surface area contributed by atoms with Gasteiger partial charge in [0.25, 0.3) is 11.8 Å². The monoisotopic (exact) mass is 439 g/mol. The molecule has 1 fully saturated rings. The van der Waals surface area contributed by atoms with Gasteiger partial charge >= 0.3 is 0 Å². The average Bonchev–Trinajstić information content (AvgIpc) is 3.00. The first kappa shape index (κ1) is 18.9. The van der Waals surface area contributed by atoms with Crippen LogP contribution in [0.4, 0.5) is 0 Å². The number of aliphatic imine (C=N–C) groups is 1. The molecule has 0 saturated carbocycles. The second-order valence-corrected chi connectivity index (χ2v) is 8.46. The molecular weight excluding hydrogens is 418 g/mol. The summed E-state index contributed by atoms with van der Waals surface area (Å²) in [5.74, 6) is -0.101. The number of piperidine rings is 1. The molecule has 2 aromatic rings. The van der Waals surface area contributed by atoms with E-state index >= 15 is 0 Å². The fraction of sp³-hybridized carbons (Fsp3) is 0.318. The van der Waals surface area contributed by atoms with Crippen LogP contribution in [0, 0.1) is 13.8 Å². The lowest BCUT2D eigenvalue weighted by molar-refractivity contribution is -0.115. The van der Waals surface area contributed by atoms with Crippen molar-refractivity contribution in [1.29, 1.82) is 0 Å². The summed E-state index contributed by atoms with van der Waals surface area (Å²) in [7, 11) is 0. The summed E-state index contributed by atoms with van der Waals surface area (Å²) in [5.41, 5.74) is 3.70. The third-order valence-electron chi connectivity index (χ3n) is 5.64. The highest BCUT2D eigenvalue weighted by Crippen LogP contribution is 2.30. The van der Waals surface area contributed by atoms with Gasteiger partial charge in [0.05, 0.1) is 0 Å². The van der Waals surface area contributed by atoms with Crippen molar-refractivity contribution in [2.45, 2.75) is 32.4 Å². The summed E-state index contributed by atoms with van der Waals surface area (Å²) in [6, 6.07) is 13.4. The zero-order valence-electron chi connectivity index (χ0n) is 16.0. The Bertz CT molecular complexity index is 974. The molecule has 2 aliphatic rings. The molecule has 0 radical (unpaired) electrons. The maximum Gasteiger partial charge on any atom is 0.272 e. The van der Waals surface area contributed by atoms with Crippen LogP contribution in [0.3, 0.4) is 0 Å². The van der Waals surface area contributed by atoms with Gasteiger partial charge in [-0.25, -0.2) is 0 Å². The van der Waals surface area contributed by atoms with Gasteiger partial charge in [-0.1, -0.05) is 34.1 Å². The van der Waals surface area contributed by atoms with E-state index in [4.69, 9.17) is 4.99 Å². The number of amides is 2. The first-order chi connectivity index (χ1) is 13.4. The number of aryl methyl sites for hydroxylation is 2. The maximum absolute atomic E-state index is 12.8. The van der Waals surface area contributed by atoms with Crippen molar-refractivity contribution in [2.75, 3.05) is 13.1 Å². The number of likely N-dealkylation sites (tertiary alicyclic amines) is 1. The van der Waals surface area contributed by atoms with Gasteiger partial charge in [0.1, 0.15) is 11.4 Å². The van der Waals surface area contributed by atoms with Crippen LogP contribution in [0.25, 0.3) is 0 Å². The van der Waals surface area contributed by atoms with Gasteiger partial charge < -0.3 is 10.2 Å². The summed E-state index contributed by atoms with van der Waals surface area (Å²) in [5, 5.41) is 3.06. The van der Waals surface area contributed by atoms with Crippen molar-refractivity contribution >= 4 is 33.5 Å². The summed E-state index contributed by atoms with van der Waals surface area (Å²) in [4.78, 5) is 32.0. The van der Waals surface area contributed by atoms with Crippen molar-refractivity contribution in [3.8, 4) is 0 Å². The maximum atomic E-state index is 12.8. The smallest absolute Gasteiger partial charge is 0.272 e. The first-order valence-electron chi connectivity index (χ1n) is 9.42. The Kier molecular flexibility index (Phi) is 4.83. The molecule has 0 bridgehead atoms. The second-order valence-electron chi connectivity index (χ2n) is 7.54. The third-order valence-corrected chi connectivity index (χ3v) is 6.17. The number of carbonyl (C=O) groups is 2. The third kappa shape index (κ3) is 3.49. The fourth-order valence-corrected chi connectivity index (χ4v) is 4.00. The summed E-state index contributed by atoms with van der Waals surface area (Å²) in [6.07, 6.45) is 1.24. The van der Waals surface area contributed by atoms with Crippen molar-refractivity contribution < 1.29 is 9.59 Å². The Morgan fingerprint density at radius 1 is 1.07 bits per heavy atom. The van der Waals surface area contributed by atoms with Crippen LogP contribution in [0.2, 0.25) is 0 Å². The van der Waals surface area contributed by atoms with Gasteiger partial charge in [-0.2, -0.15) is 0 Å². The minimum Gasteiger partial charge on any atom is -0.338 e. The molecule has 1 spiro atoms. The van der Waals surface area contributed by atoms with Gasteiger partial charge in [-0.05, 0) is 49.2 Å². The van der Waals surface area contributed by atoms with Crippen LogP contribution in [0.5, 0.6) is 0 Å². The van der Waals surface area contributed by atoms with E-state index in [2.05, 4.69) is 21.2 Å². The van der Waals surface area contributed by atoms with E-state index in [1.165, 1.54) is 5.56 Å². The number of benzene rings is 2. The van der Waals surface area contributed by atoms with Crippen LogP contribution in [-0.2, 0) is 4.79 Å². The van der Waals surface area contributed by atoms with Gasteiger partial charge in [0.15, 0.2) is 0 Å². The Morgan fingerprint density at radius 2 is 1.75 bits per heavy atom. The molecule has 2 aromatic carbocycles. The van der Waals surface area contributed by atoms with E-state index in [0.717, 1.165) is 15.6 Å². The van der Waals surface area contributed by atoms with E-state index < -0.39 is 5.66 Å². The molecular formula is C22H22BrN3O2. The van der Waals surface area contributed by atoms with Crippen LogP contribution >= 0.6 is 15.9 Å². The number of hydrogen-bond donors (Lipinski definition) is 1. The predicted octanol–water partition coefficient (Wildman–Crippen LogP) is 3.62. The zero-order valence-corrected chi connectivity index (χ0v) is 17.5. The SMILES string of the molecule is Cc1ccc(C(=O)N2CCC3(CC2)N=C(c2ccc(Br)cc2)C(=O)N3)cc1C. The van der Waals surface area contributed by atoms with E-state index in [0.29, 0.717) is 37.2 Å². The van der Waals surface area contributed by atoms with Gasteiger partial charge in [-0.15, -0.1) is 0 Å². The lowest BCUT2D eigenvalue weighted by atomic mass is 9.97. The Balaban J connectivity index is 1.49. The van der Waals surface area contributed by atoms with E-state index in [1.807, 2.05) is 61.2 Å². The topological polar surface area (TPSA) is 61.8 Å². The Morgan fingerprint density at radius 3 is 2.39 bits per heavy atom. The molecule has 5 nitrogen and oxygen atoms in total. The Hall–Kier alpha value is -2.47. The number of carbonyl (C=O) groups excluding carboxylic acids is 2. The quantitative estimate of drug-likeness (QED) is 0.776. The number of nitrogens with one attached hydrogen (secondary N) is 1. The molecule has 6 heteroatoms. The molecule has 1 saturated heterocycles. The van der Waals surface area contributed by atoms with Gasteiger partial charge in [-0.3, -0.25) is 14.6 Å². The minimum atomic E-state index is -0.598. The second kappa shape index (κ2) is 7.17. The highest BCUT2D eigenvalue weighted by atomic mass is 79.9. The lowest BCUT2D eigenvalue weighted by Crippen LogP contribution is -2.52. The molecule has 1 N–H and O–H groups in total. The molecule has 28 heavy (non-hydrogen) atoms. The summed E-state index contributed by atoms with van der Waals surface area (Å²) >= 11 is 3.41. The minimum absolute atomic E-state index is 0.0411. The van der Waals surface area contributed by atoms with Crippen molar-refractivity contribution in [3.63, 3.8) is 0 Å². The number of nitrogens with zero attached hydrogens (tertiary/aromatic N) is 2. The number of hydrogen-bond acceptors (Lipinski definition) is 3. The highest BCUT2D eigenvalue weighted by molar-refractivity contribution is 9.10. The molecule has 144 valence electrons. The van der Waals surface area contributed by atoms with Crippen molar-refractivity contribution in [3.05, 3.63) is 69.2 Å². The summed E-state index contributed by atoms with van der Waals surface area (Å²) in [6.45, 7) is 5.20. The van der Waals surface area contributed by atoms with Crippen LogP contribution in [-0.4, -0.2) is 41.2 Å². The largest absolute Gasteiger partial charge is 0.338 e. The summed E-state index contributed by atoms with van der Waals surface area (Å²) < 4.78 is 0.961. The van der Waals surface area contributed by atoms with Gasteiger partial charge in [0.2, 0.25) is 0 Å². The van der Waals surface area contributed by atoms with Crippen LogP contribution in [0.1, 0.15) is 39.9 Å². The normalized spacial score (nSPS) is 18.2. The fourth-order valence-electron chi connectivity index (χ4n) is 3.74. The van der Waals surface area contributed by atoms with Crippen LogP contribution < -0.4 is 5.32 Å². The standard InChI is InChI=1S/C22H22BrN3O2/c1-14-3-4-17(13-15(14)2)21(28)26-11-9-22(10-12-26)24-19(20(27)25-22)16-5-7-18(23)8-6-16/h3-8,13H,9-12H2,1-2H3,(H,25,27). The number of halogens is 1. The average molecular weight is 440 g/mol. The number of rotatable bonds is 2. The van der Waals surface area contributed by atoms with E-state index in [-0.39, 0.29) is 11.8 Å². The molecule has 2 amide bonds. The van der Waals surface area contributed by atoms with Gasteiger partial charge in [0, 0.05) is 41.5 Å². The van der Waals surface area contributed by atoms with Crippen molar-refractivity contribution in [2.24, 2.45) is 4.99 Å². The predicted molar refractivity (Wildman–Crippen MR) is 113 cm³/mol. The molecule has 2 heterocycles. The van der Waals surface area contributed by atoms with Crippen LogP contribution in [0.15, 0.2) is 51.9 Å². The highest BCUT2D eigenvalue weighted by Gasteiger charge is 2.42. The molecule has 0 atom stereocenters. The molecule has 0 aliphatic carbocycles. The van der Waals surface area contributed by atoms with Crippen molar-refractivity contribution in [1.82, 2.24) is 10.2 Å². The van der Waals surface area contributed by atoms with E-state index in [1.54, 1.807) is 0 Å². The zero-order chi connectivity index (χ0) is 19.9. The molecule has 0 unspecified atom stereocenters. The Labute approximate surface area is 173 Å². The molecule has 0 aromatic heterocycles.